The lowest BCUT2D eigenvalue weighted by atomic mass is 10.1. The zero-order chi connectivity index (χ0) is 23.0. The van der Waals surface area contributed by atoms with Crippen molar-refractivity contribution in [3.63, 3.8) is 0 Å². The van der Waals surface area contributed by atoms with Crippen molar-refractivity contribution in [3.8, 4) is 0 Å². The number of nitrogens with zero attached hydrogens (tertiary/aromatic N) is 1. The number of hydrogen-bond acceptors (Lipinski definition) is 7. The lowest BCUT2D eigenvalue weighted by Crippen LogP contribution is -2.30. The number of nitrogens with one attached hydrogen (secondary N) is 1. The van der Waals surface area contributed by atoms with E-state index in [1.807, 2.05) is 0 Å². The Morgan fingerprint density at radius 1 is 0.903 bits per heavy atom. The van der Waals surface area contributed by atoms with E-state index in [0.717, 1.165) is 0 Å². The fourth-order valence-electron chi connectivity index (χ4n) is 2.78. The van der Waals surface area contributed by atoms with Gasteiger partial charge in [0.1, 0.15) is 0 Å². The molecule has 0 heterocycles. The van der Waals surface area contributed by atoms with Crippen molar-refractivity contribution in [2.75, 3.05) is 32.1 Å². The Balaban J connectivity index is 2.00. The van der Waals surface area contributed by atoms with E-state index >= 15 is 0 Å². The molecule has 0 aliphatic carbocycles. The quantitative estimate of drug-likeness (QED) is 0.585. The monoisotopic (exact) mass is 448 g/mol. The molecule has 166 valence electrons. The summed E-state index contributed by atoms with van der Waals surface area (Å²) in [6.07, 6.45) is 0. The van der Waals surface area contributed by atoms with Gasteiger partial charge in [-0.25, -0.2) is 18.0 Å². The van der Waals surface area contributed by atoms with E-state index in [0.29, 0.717) is 18.8 Å². The molecule has 0 aliphatic rings. The highest BCUT2D eigenvalue weighted by Gasteiger charge is 2.22. The molecule has 0 saturated carbocycles. The van der Waals surface area contributed by atoms with Gasteiger partial charge in [-0.05, 0) is 36.4 Å². The first-order valence-corrected chi connectivity index (χ1v) is 10.9. The molecule has 9 nitrogen and oxygen atoms in total. The fourth-order valence-corrected chi connectivity index (χ4v) is 4.24. The second-order valence-corrected chi connectivity index (χ2v) is 8.21. The van der Waals surface area contributed by atoms with Crippen LogP contribution in [0.15, 0.2) is 53.4 Å². The van der Waals surface area contributed by atoms with Crippen LogP contribution in [0.2, 0.25) is 0 Å². The summed E-state index contributed by atoms with van der Waals surface area (Å²) in [5, 5.41) is 2.52. The summed E-state index contributed by atoms with van der Waals surface area (Å²) in [7, 11) is -2.41. The summed E-state index contributed by atoms with van der Waals surface area (Å²) in [4.78, 5) is 36.2. The highest BCUT2D eigenvalue weighted by molar-refractivity contribution is 7.89. The van der Waals surface area contributed by atoms with E-state index in [1.165, 1.54) is 47.8 Å². The maximum atomic E-state index is 12.5. The predicted octanol–water partition coefficient (Wildman–Crippen LogP) is 2.30. The standard InChI is InChI=1S/C21H24N2O7S/c1-4-23(5-2)31(27,28)16-12-10-15(11-13-16)22-19(24)14-30-21(26)18-9-7-6-8-17(18)20(25)29-3/h6-13H,4-5,14H2,1-3H3,(H,22,24). The van der Waals surface area contributed by atoms with Crippen molar-refractivity contribution in [1.29, 1.82) is 0 Å². The molecule has 0 aliphatic heterocycles. The molecule has 0 saturated heterocycles. The van der Waals surface area contributed by atoms with Gasteiger partial charge >= 0.3 is 11.9 Å². The molecule has 1 N–H and O–H groups in total. The second kappa shape index (κ2) is 10.7. The van der Waals surface area contributed by atoms with Crippen LogP contribution >= 0.6 is 0 Å². The van der Waals surface area contributed by atoms with E-state index in [1.54, 1.807) is 26.0 Å². The zero-order valence-corrected chi connectivity index (χ0v) is 18.3. The average molecular weight is 448 g/mol. The van der Waals surface area contributed by atoms with Crippen LogP contribution in [0.3, 0.4) is 0 Å². The second-order valence-electron chi connectivity index (χ2n) is 6.28. The summed E-state index contributed by atoms with van der Waals surface area (Å²) in [5.41, 5.74) is 0.350. The average Bonchev–Trinajstić information content (AvgIpc) is 2.78. The molecule has 0 aromatic heterocycles. The summed E-state index contributed by atoms with van der Waals surface area (Å²) in [6.45, 7) is 3.61. The van der Waals surface area contributed by atoms with Gasteiger partial charge in [-0.1, -0.05) is 26.0 Å². The van der Waals surface area contributed by atoms with Crippen molar-refractivity contribution < 1.29 is 32.3 Å². The van der Waals surface area contributed by atoms with E-state index in [9.17, 15) is 22.8 Å². The summed E-state index contributed by atoms with van der Waals surface area (Å²) < 4.78 is 35.9. The van der Waals surface area contributed by atoms with Gasteiger partial charge in [-0.2, -0.15) is 4.31 Å². The molecule has 2 aromatic rings. The fraction of sp³-hybridized carbons (Fsp3) is 0.286. The number of esters is 2. The molecule has 2 rings (SSSR count). The third kappa shape index (κ3) is 5.89. The van der Waals surface area contributed by atoms with Gasteiger partial charge in [0, 0.05) is 18.8 Å². The van der Waals surface area contributed by atoms with Gasteiger partial charge in [0.15, 0.2) is 6.61 Å². The summed E-state index contributed by atoms with van der Waals surface area (Å²) in [5.74, 6) is -2.17. The number of amides is 1. The maximum Gasteiger partial charge on any atom is 0.339 e. The topological polar surface area (TPSA) is 119 Å². The van der Waals surface area contributed by atoms with Gasteiger partial charge in [0.05, 0.1) is 23.1 Å². The Kier molecular flexibility index (Phi) is 8.29. The Bertz CT molecular complexity index is 1050. The highest BCUT2D eigenvalue weighted by Crippen LogP contribution is 2.18. The first-order valence-electron chi connectivity index (χ1n) is 9.49. The van der Waals surface area contributed by atoms with Crippen LogP contribution in [0, 0.1) is 0 Å². The van der Waals surface area contributed by atoms with Crippen molar-refractivity contribution in [1.82, 2.24) is 4.31 Å². The number of ether oxygens (including phenoxy) is 2. The highest BCUT2D eigenvalue weighted by atomic mass is 32.2. The third-order valence-electron chi connectivity index (χ3n) is 4.37. The molecule has 0 radical (unpaired) electrons. The molecule has 1 amide bonds. The number of methoxy groups -OCH3 is 1. The number of carbonyl (C=O) groups is 3. The maximum absolute atomic E-state index is 12.5. The third-order valence-corrected chi connectivity index (χ3v) is 6.43. The minimum absolute atomic E-state index is 0.0203. The van der Waals surface area contributed by atoms with Crippen LogP contribution in [0.25, 0.3) is 0 Å². The minimum Gasteiger partial charge on any atom is -0.465 e. The number of benzene rings is 2. The number of hydrogen-bond donors (Lipinski definition) is 1. The largest absolute Gasteiger partial charge is 0.465 e. The Labute approximate surface area is 181 Å². The van der Waals surface area contributed by atoms with Crippen LogP contribution in [-0.2, 0) is 24.3 Å². The molecule has 0 spiro atoms. The van der Waals surface area contributed by atoms with Gasteiger partial charge < -0.3 is 14.8 Å². The normalized spacial score (nSPS) is 11.1. The van der Waals surface area contributed by atoms with Gasteiger partial charge in [-0.15, -0.1) is 0 Å². The molecule has 31 heavy (non-hydrogen) atoms. The van der Waals surface area contributed by atoms with Crippen LogP contribution in [0.5, 0.6) is 0 Å². The molecule has 0 unspecified atom stereocenters. The zero-order valence-electron chi connectivity index (χ0n) is 17.5. The first-order chi connectivity index (χ1) is 14.7. The molecule has 2 aromatic carbocycles. The molecule has 10 heteroatoms. The number of rotatable bonds is 9. The Morgan fingerprint density at radius 3 is 1.97 bits per heavy atom. The lowest BCUT2D eigenvalue weighted by molar-refractivity contribution is -0.119. The van der Waals surface area contributed by atoms with Crippen LogP contribution in [-0.4, -0.2) is 57.4 Å². The van der Waals surface area contributed by atoms with Gasteiger partial charge in [0.2, 0.25) is 10.0 Å². The number of carbonyl (C=O) groups excluding carboxylic acids is 3. The smallest absolute Gasteiger partial charge is 0.339 e. The van der Waals surface area contributed by atoms with E-state index in [2.05, 4.69) is 10.1 Å². The molecular weight excluding hydrogens is 424 g/mol. The SMILES string of the molecule is CCN(CC)S(=O)(=O)c1ccc(NC(=O)COC(=O)c2ccccc2C(=O)OC)cc1. The number of anilines is 1. The summed E-state index contributed by atoms with van der Waals surface area (Å²) in [6, 6.07) is 11.6. The minimum atomic E-state index is -3.60. The van der Waals surface area contributed by atoms with Crippen molar-refractivity contribution in [3.05, 3.63) is 59.7 Å². The Morgan fingerprint density at radius 2 is 1.45 bits per heavy atom. The number of sulfonamides is 1. The van der Waals surface area contributed by atoms with Crippen LogP contribution in [0.1, 0.15) is 34.6 Å². The van der Waals surface area contributed by atoms with Gasteiger partial charge in [-0.3, -0.25) is 4.79 Å². The molecule has 0 atom stereocenters. The lowest BCUT2D eigenvalue weighted by Gasteiger charge is -2.18. The first kappa shape index (κ1) is 24.0. The predicted molar refractivity (Wildman–Crippen MR) is 113 cm³/mol. The molecular formula is C21H24N2O7S. The van der Waals surface area contributed by atoms with Crippen LogP contribution in [0.4, 0.5) is 5.69 Å². The van der Waals surface area contributed by atoms with E-state index < -0.39 is 34.5 Å². The Hall–Kier alpha value is -3.24. The van der Waals surface area contributed by atoms with E-state index in [-0.39, 0.29) is 16.0 Å². The van der Waals surface area contributed by atoms with Gasteiger partial charge in [0.25, 0.3) is 5.91 Å². The van der Waals surface area contributed by atoms with E-state index in [4.69, 9.17) is 4.74 Å². The van der Waals surface area contributed by atoms with Crippen molar-refractivity contribution in [2.24, 2.45) is 0 Å². The van der Waals surface area contributed by atoms with Crippen LogP contribution < -0.4 is 5.32 Å². The summed E-state index contributed by atoms with van der Waals surface area (Å²) >= 11 is 0. The molecule has 0 bridgehead atoms. The van der Waals surface area contributed by atoms with Crippen molar-refractivity contribution in [2.45, 2.75) is 18.7 Å². The van der Waals surface area contributed by atoms with Crippen molar-refractivity contribution >= 4 is 33.6 Å². The molecule has 0 fully saturated rings.